The maximum absolute atomic E-state index is 5.96. The molecule has 2 nitrogen and oxygen atoms in total. The maximum Gasteiger partial charge on any atom is 0.123 e. The smallest absolute Gasteiger partial charge is 0.123 e. The summed E-state index contributed by atoms with van der Waals surface area (Å²) < 4.78 is 5.96. The fourth-order valence-corrected chi connectivity index (χ4v) is 2.64. The fraction of sp³-hybridized carbons (Fsp3) is 0.600. The van der Waals surface area contributed by atoms with E-state index in [0.29, 0.717) is 5.92 Å². The molecule has 1 N–H and O–H groups in total. The highest BCUT2D eigenvalue weighted by Gasteiger charge is 2.21. The van der Waals surface area contributed by atoms with Gasteiger partial charge in [0, 0.05) is 5.56 Å². The molecule has 0 bridgehead atoms. The van der Waals surface area contributed by atoms with Crippen LogP contribution in [0.4, 0.5) is 0 Å². The van der Waals surface area contributed by atoms with Gasteiger partial charge in [0.25, 0.3) is 0 Å². The van der Waals surface area contributed by atoms with Crippen molar-refractivity contribution in [3.63, 3.8) is 0 Å². The van der Waals surface area contributed by atoms with Crippen LogP contribution in [0.1, 0.15) is 43.7 Å². The lowest BCUT2D eigenvalue weighted by molar-refractivity contribution is 0.237. The molecule has 2 rings (SSSR count). The van der Waals surface area contributed by atoms with Gasteiger partial charge in [-0.3, -0.25) is 0 Å². The molecule has 1 aromatic carbocycles. The van der Waals surface area contributed by atoms with Crippen LogP contribution in [0.5, 0.6) is 5.75 Å². The molecule has 1 aromatic rings. The van der Waals surface area contributed by atoms with Crippen molar-refractivity contribution in [3.8, 4) is 5.75 Å². The summed E-state index contributed by atoms with van der Waals surface area (Å²) in [7, 11) is 0. The molecule has 94 valence electrons. The van der Waals surface area contributed by atoms with Gasteiger partial charge in [0.05, 0.1) is 6.10 Å². The lowest BCUT2D eigenvalue weighted by Gasteiger charge is -2.27. The van der Waals surface area contributed by atoms with Gasteiger partial charge >= 0.3 is 0 Å². The van der Waals surface area contributed by atoms with E-state index in [1.807, 2.05) is 0 Å². The number of aryl methyl sites for hydroxylation is 1. The topological polar surface area (TPSA) is 21.3 Å². The van der Waals surface area contributed by atoms with Gasteiger partial charge < -0.3 is 10.1 Å². The molecule has 0 radical (unpaired) electrons. The van der Waals surface area contributed by atoms with Crippen molar-refractivity contribution in [3.05, 3.63) is 29.3 Å². The number of nitrogens with one attached hydrogen (secondary N) is 1. The first kappa shape index (κ1) is 12.4. The molecule has 0 atom stereocenters. The molecule has 1 aliphatic rings. The molecule has 0 amide bonds. The zero-order valence-corrected chi connectivity index (χ0v) is 11.1. The monoisotopic (exact) mass is 233 g/mol. The Kier molecular flexibility index (Phi) is 4.06. The molecule has 1 aliphatic heterocycles. The molecule has 1 heterocycles. The number of benzene rings is 1. The Hall–Kier alpha value is -1.02. The average molecular weight is 233 g/mol. The molecule has 17 heavy (non-hydrogen) atoms. The minimum absolute atomic E-state index is 0.247. The Bertz CT molecular complexity index is 367. The number of rotatable bonds is 3. The molecule has 0 aromatic heterocycles. The summed E-state index contributed by atoms with van der Waals surface area (Å²) in [6.45, 7) is 8.63. The number of piperidine rings is 1. The summed E-state index contributed by atoms with van der Waals surface area (Å²) in [6, 6.07) is 6.41. The van der Waals surface area contributed by atoms with E-state index in [2.05, 4.69) is 44.3 Å². The lowest BCUT2D eigenvalue weighted by atomic mass is 9.87. The first-order valence-corrected chi connectivity index (χ1v) is 6.65. The Balaban J connectivity index is 2.28. The largest absolute Gasteiger partial charge is 0.491 e. The van der Waals surface area contributed by atoms with E-state index in [1.54, 1.807) is 0 Å². The van der Waals surface area contributed by atoms with Crippen molar-refractivity contribution >= 4 is 0 Å². The highest BCUT2D eigenvalue weighted by atomic mass is 16.5. The second-order valence-electron chi connectivity index (χ2n) is 5.18. The van der Waals surface area contributed by atoms with Gasteiger partial charge in [-0.05, 0) is 64.3 Å². The van der Waals surface area contributed by atoms with Crippen LogP contribution in [0, 0.1) is 6.92 Å². The molecular weight excluding hydrogens is 210 g/mol. The summed E-state index contributed by atoms with van der Waals surface area (Å²) >= 11 is 0. The number of ether oxygens (including phenoxy) is 1. The molecule has 2 heteroatoms. The summed E-state index contributed by atoms with van der Waals surface area (Å²) in [5.41, 5.74) is 2.80. The van der Waals surface area contributed by atoms with Crippen molar-refractivity contribution in [2.45, 2.75) is 45.6 Å². The van der Waals surface area contributed by atoms with Crippen molar-refractivity contribution in [2.24, 2.45) is 0 Å². The molecule has 1 saturated heterocycles. The third kappa shape index (κ3) is 3.01. The standard InChI is InChI=1S/C15H23NO/c1-11(2)17-14-6-4-5-12(3)15(14)13-7-9-16-10-8-13/h4-6,11,13,16H,7-10H2,1-3H3. The van der Waals surface area contributed by atoms with E-state index in [0.717, 1.165) is 18.8 Å². The van der Waals surface area contributed by atoms with Gasteiger partial charge in [0.1, 0.15) is 5.75 Å². The van der Waals surface area contributed by atoms with Crippen LogP contribution in [-0.2, 0) is 0 Å². The third-order valence-electron chi connectivity index (χ3n) is 3.39. The van der Waals surface area contributed by atoms with E-state index >= 15 is 0 Å². The normalized spacial score (nSPS) is 17.4. The van der Waals surface area contributed by atoms with E-state index in [1.165, 1.54) is 24.0 Å². The fourth-order valence-electron chi connectivity index (χ4n) is 2.64. The van der Waals surface area contributed by atoms with Crippen molar-refractivity contribution in [1.82, 2.24) is 5.32 Å². The number of hydrogen-bond donors (Lipinski definition) is 1. The van der Waals surface area contributed by atoms with Crippen LogP contribution >= 0.6 is 0 Å². The van der Waals surface area contributed by atoms with E-state index < -0.39 is 0 Å². The minimum Gasteiger partial charge on any atom is -0.491 e. The van der Waals surface area contributed by atoms with Crippen LogP contribution in [-0.4, -0.2) is 19.2 Å². The quantitative estimate of drug-likeness (QED) is 0.865. The minimum atomic E-state index is 0.247. The average Bonchev–Trinajstić information content (AvgIpc) is 2.29. The van der Waals surface area contributed by atoms with E-state index in [4.69, 9.17) is 4.74 Å². The van der Waals surface area contributed by atoms with Crippen LogP contribution in [0.2, 0.25) is 0 Å². The highest BCUT2D eigenvalue weighted by Crippen LogP contribution is 2.35. The van der Waals surface area contributed by atoms with Crippen molar-refractivity contribution < 1.29 is 4.74 Å². The summed E-state index contributed by atoms with van der Waals surface area (Å²) in [5, 5.41) is 3.42. The van der Waals surface area contributed by atoms with Crippen LogP contribution in [0.3, 0.4) is 0 Å². The third-order valence-corrected chi connectivity index (χ3v) is 3.39. The van der Waals surface area contributed by atoms with Crippen LogP contribution in [0.15, 0.2) is 18.2 Å². The van der Waals surface area contributed by atoms with Crippen LogP contribution in [0.25, 0.3) is 0 Å². The molecule has 0 spiro atoms. The van der Waals surface area contributed by atoms with Crippen molar-refractivity contribution in [2.75, 3.05) is 13.1 Å². The Morgan fingerprint density at radius 1 is 1.24 bits per heavy atom. The van der Waals surface area contributed by atoms with Gasteiger partial charge in [-0.25, -0.2) is 0 Å². The second-order valence-corrected chi connectivity index (χ2v) is 5.18. The zero-order valence-electron chi connectivity index (χ0n) is 11.1. The number of hydrogen-bond acceptors (Lipinski definition) is 2. The van der Waals surface area contributed by atoms with Crippen LogP contribution < -0.4 is 10.1 Å². The Labute approximate surface area is 104 Å². The van der Waals surface area contributed by atoms with Gasteiger partial charge in [-0.1, -0.05) is 12.1 Å². The lowest BCUT2D eigenvalue weighted by Crippen LogP contribution is -2.27. The zero-order chi connectivity index (χ0) is 12.3. The van der Waals surface area contributed by atoms with Crippen molar-refractivity contribution in [1.29, 1.82) is 0 Å². The first-order valence-electron chi connectivity index (χ1n) is 6.65. The summed E-state index contributed by atoms with van der Waals surface area (Å²) in [4.78, 5) is 0. The van der Waals surface area contributed by atoms with E-state index in [9.17, 15) is 0 Å². The molecule has 1 fully saturated rings. The summed E-state index contributed by atoms with van der Waals surface area (Å²) in [6.07, 6.45) is 2.69. The van der Waals surface area contributed by atoms with E-state index in [-0.39, 0.29) is 6.10 Å². The van der Waals surface area contributed by atoms with Gasteiger partial charge in [0.2, 0.25) is 0 Å². The molecule has 0 unspecified atom stereocenters. The summed E-state index contributed by atoms with van der Waals surface area (Å²) in [5.74, 6) is 1.75. The predicted octanol–water partition coefficient (Wildman–Crippen LogP) is 3.25. The van der Waals surface area contributed by atoms with Gasteiger partial charge in [-0.2, -0.15) is 0 Å². The Morgan fingerprint density at radius 3 is 2.59 bits per heavy atom. The Morgan fingerprint density at radius 2 is 1.94 bits per heavy atom. The van der Waals surface area contributed by atoms with Gasteiger partial charge in [-0.15, -0.1) is 0 Å². The molecule has 0 saturated carbocycles. The highest BCUT2D eigenvalue weighted by molar-refractivity contribution is 5.42. The second kappa shape index (κ2) is 5.54. The van der Waals surface area contributed by atoms with Gasteiger partial charge in [0.15, 0.2) is 0 Å². The SMILES string of the molecule is Cc1cccc(OC(C)C)c1C1CCNCC1. The predicted molar refractivity (Wildman–Crippen MR) is 71.8 cm³/mol. The molecule has 0 aliphatic carbocycles. The molecular formula is C15H23NO. The first-order chi connectivity index (χ1) is 8.18. The maximum atomic E-state index is 5.96.